The molecule has 0 aromatic heterocycles. The minimum absolute atomic E-state index is 0.0763. The Hall–Kier alpha value is -3.24. The molecule has 0 bridgehead atoms. The molecule has 0 radical (unpaired) electrons. The number of rotatable bonds is 9. The van der Waals surface area contributed by atoms with Gasteiger partial charge in [0.1, 0.15) is 0 Å². The Morgan fingerprint density at radius 1 is 0.970 bits per heavy atom. The number of amides is 3. The number of nitrogens with one attached hydrogen (secondary N) is 1. The summed E-state index contributed by atoms with van der Waals surface area (Å²) in [6.45, 7) is 4.10. The van der Waals surface area contributed by atoms with Crippen molar-refractivity contribution in [3.63, 3.8) is 0 Å². The highest BCUT2D eigenvalue weighted by Gasteiger charge is 2.35. The van der Waals surface area contributed by atoms with Gasteiger partial charge in [-0.05, 0) is 30.3 Å². The number of hydrogen-bond donors (Lipinski definition) is 1. The predicted molar refractivity (Wildman–Crippen MR) is 126 cm³/mol. The summed E-state index contributed by atoms with van der Waals surface area (Å²) in [6.07, 6.45) is -0.120. The summed E-state index contributed by atoms with van der Waals surface area (Å²) >= 11 is 0. The van der Waals surface area contributed by atoms with Gasteiger partial charge in [-0.1, -0.05) is 26.0 Å². The van der Waals surface area contributed by atoms with Crippen LogP contribution in [0.4, 0.5) is 11.4 Å². The summed E-state index contributed by atoms with van der Waals surface area (Å²) in [4.78, 5) is 40.6. The van der Waals surface area contributed by atoms with Crippen molar-refractivity contribution in [2.24, 2.45) is 0 Å². The normalized spacial score (nSPS) is 13.4. The molecule has 0 spiro atoms. The maximum absolute atomic E-state index is 12.9. The van der Waals surface area contributed by atoms with Gasteiger partial charge in [0, 0.05) is 40.2 Å². The summed E-state index contributed by atoms with van der Waals surface area (Å²) in [5.41, 5.74) is 1.61. The first-order valence-electron chi connectivity index (χ1n) is 10.7. The molecule has 1 N–H and O–H groups in total. The summed E-state index contributed by atoms with van der Waals surface area (Å²) in [6, 6.07) is 11.1. The van der Waals surface area contributed by atoms with Crippen molar-refractivity contribution in [2.45, 2.75) is 25.2 Å². The van der Waals surface area contributed by atoms with Crippen LogP contribution in [0.5, 0.6) is 0 Å². The molecular formula is C23H28N4O5S. The van der Waals surface area contributed by atoms with Gasteiger partial charge in [0.2, 0.25) is 15.9 Å². The van der Waals surface area contributed by atoms with Crippen LogP contribution in [0.2, 0.25) is 0 Å². The molecule has 0 unspecified atom stereocenters. The SMILES string of the molecule is CCN(CC)S(=O)(=O)c1ccc(N(C)C)c(NC(=O)CCN2C(=O)c3ccccc3C2=O)c1. The van der Waals surface area contributed by atoms with E-state index in [0.29, 0.717) is 35.6 Å². The Morgan fingerprint density at radius 2 is 1.55 bits per heavy atom. The van der Waals surface area contributed by atoms with Crippen LogP contribution in [0.25, 0.3) is 0 Å². The molecule has 1 heterocycles. The Labute approximate surface area is 194 Å². The largest absolute Gasteiger partial charge is 0.376 e. The summed E-state index contributed by atoms with van der Waals surface area (Å²) in [5, 5.41) is 2.74. The molecule has 0 saturated carbocycles. The minimum Gasteiger partial charge on any atom is -0.376 e. The fraction of sp³-hybridized carbons (Fsp3) is 0.348. The second-order valence-electron chi connectivity index (χ2n) is 7.77. The third-order valence-electron chi connectivity index (χ3n) is 5.51. The van der Waals surface area contributed by atoms with Crippen molar-refractivity contribution in [3.8, 4) is 0 Å². The van der Waals surface area contributed by atoms with Gasteiger partial charge in [-0.15, -0.1) is 0 Å². The molecule has 33 heavy (non-hydrogen) atoms. The fourth-order valence-corrected chi connectivity index (χ4v) is 5.23. The zero-order valence-corrected chi connectivity index (χ0v) is 20.0. The van der Waals surface area contributed by atoms with E-state index < -0.39 is 27.7 Å². The van der Waals surface area contributed by atoms with E-state index in [0.717, 1.165) is 4.90 Å². The number of carbonyl (C=O) groups is 3. The number of sulfonamides is 1. The predicted octanol–water partition coefficient (Wildman–Crippen LogP) is 2.41. The third kappa shape index (κ3) is 4.76. The number of anilines is 2. The molecule has 10 heteroatoms. The van der Waals surface area contributed by atoms with Crippen LogP contribution < -0.4 is 10.2 Å². The van der Waals surface area contributed by atoms with Crippen LogP contribution in [0.15, 0.2) is 47.4 Å². The van der Waals surface area contributed by atoms with E-state index in [4.69, 9.17) is 0 Å². The topological polar surface area (TPSA) is 107 Å². The monoisotopic (exact) mass is 472 g/mol. The number of hydrogen-bond acceptors (Lipinski definition) is 6. The zero-order chi connectivity index (χ0) is 24.3. The second-order valence-corrected chi connectivity index (χ2v) is 9.71. The van der Waals surface area contributed by atoms with Gasteiger partial charge >= 0.3 is 0 Å². The van der Waals surface area contributed by atoms with E-state index in [1.807, 2.05) is 0 Å². The van der Waals surface area contributed by atoms with Crippen LogP contribution in [0, 0.1) is 0 Å². The smallest absolute Gasteiger partial charge is 0.261 e. The Balaban J connectivity index is 1.77. The molecule has 2 aromatic rings. The highest BCUT2D eigenvalue weighted by molar-refractivity contribution is 7.89. The summed E-state index contributed by atoms with van der Waals surface area (Å²) in [5.74, 6) is -1.29. The number of benzene rings is 2. The minimum atomic E-state index is -3.71. The summed E-state index contributed by atoms with van der Waals surface area (Å²) in [7, 11) is -0.146. The summed E-state index contributed by atoms with van der Waals surface area (Å²) < 4.78 is 27.2. The lowest BCUT2D eigenvalue weighted by Crippen LogP contribution is -2.33. The van der Waals surface area contributed by atoms with Gasteiger partial charge in [0.05, 0.1) is 27.4 Å². The number of carbonyl (C=O) groups excluding carboxylic acids is 3. The first kappa shape index (κ1) is 24.4. The van der Waals surface area contributed by atoms with E-state index in [1.165, 1.54) is 16.4 Å². The Bertz CT molecular complexity index is 1150. The van der Waals surface area contributed by atoms with Crippen LogP contribution >= 0.6 is 0 Å². The first-order chi connectivity index (χ1) is 15.6. The van der Waals surface area contributed by atoms with Crippen molar-refractivity contribution < 1.29 is 22.8 Å². The molecule has 0 aliphatic carbocycles. The highest BCUT2D eigenvalue weighted by Crippen LogP contribution is 2.29. The van der Waals surface area contributed by atoms with Crippen LogP contribution in [-0.4, -0.2) is 69.1 Å². The van der Waals surface area contributed by atoms with Gasteiger partial charge in [0.25, 0.3) is 11.8 Å². The van der Waals surface area contributed by atoms with Gasteiger partial charge in [-0.2, -0.15) is 4.31 Å². The zero-order valence-electron chi connectivity index (χ0n) is 19.2. The van der Waals surface area contributed by atoms with Crippen LogP contribution in [0.3, 0.4) is 0 Å². The fourth-order valence-electron chi connectivity index (χ4n) is 3.75. The van der Waals surface area contributed by atoms with Crippen LogP contribution in [-0.2, 0) is 14.8 Å². The van der Waals surface area contributed by atoms with E-state index in [9.17, 15) is 22.8 Å². The molecule has 0 saturated heterocycles. The number of imide groups is 1. The maximum atomic E-state index is 12.9. The van der Waals surface area contributed by atoms with Crippen LogP contribution in [0.1, 0.15) is 41.0 Å². The van der Waals surface area contributed by atoms with Crippen molar-refractivity contribution in [1.29, 1.82) is 0 Å². The molecule has 176 valence electrons. The van der Waals surface area contributed by atoms with Crippen molar-refractivity contribution >= 4 is 39.1 Å². The van der Waals surface area contributed by atoms with Gasteiger partial charge in [-0.3, -0.25) is 19.3 Å². The average molecular weight is 473 g/mol. The molecule has 1 aliphatic rings. The third-order valence-corrected chi connectivity index (χ3v) is 7.55. The lowest BCUT2D eigenvalue weighted by atomic mass is 10.1. The van der Waals surface area contributed by atoms with Crippen molar-refractivity contribution in [3.05, 3.63) is 53.6 Å². The van der Waals surface area contributed by atoms with E-state index in [2.05, 4.69) is 5.32 Å². The molecule has 1 aliphatic heterocycles. The highest BCUT2D eigenvalue weighted by atomic mass is 32.2. The lowest BCUT2D eigenvalue weighted by Gasteiger charge is -2.22. The second kappa shape index (κ2) is 9.72. The quantitative estimate of drug-likeness (QED) is 0.562. The average Bonchev–Trinajstić information content (AvgIpc) is 3.02. The van der Waals surface area contributed by atoms with Gasteiger partial charge < -0.3 is 10.2 Å². The molecule has 0 fully saturated rings. The maximum Gasteiger partial charge on any atom is 0.261 e. The molecular weight excluding hydrogens is 444 g/mol. The standard InChI is InChI=1S/C23H28N4O5S/c1-5-26(6-2)33(31,32)16-11-12-20(25(3)4)19(15-16)24-21(28)13-14-27-22(29)17-9-7-8-10-18(17)23(27)30/h7-12,15H,5-6,13-14H2,1-4H3,(H,24,28). The van der Waals surface area contributed by atoms with E-state index in [1.54, 1.807) is 63.2 Å². The Morgan fingerprint density at radius 3 is 2.06 bits per heavy atom. The molecule has 3 rings (SSSR count). The first-order valence-corrected chi connectivity index (χ1v) is 12.1. The number of fused-ring (bicyclic) bond motifs is 1. The molecule has 9 nitrogen and oxygen atoms in total. The molecule has 0 atom stereocenters. The molecule has 2 aromatic carbocycles. The van der Waals surface area contributed by atoms with E-state index in [-0.39, 0.29) is 17.9 Å². The van der Waals surface area contributed by atoms with Crippen molar-refractivity contribution in [1.82, 2.24) is 9.21 Å². The lowest BCUT2D eigenvalue weighted by molar-refractivity contribution is -0.116. The van der Waals surface area contributed by atoms with E-state index >= 15 is 0 Å². The van der Waals surface area contributed by atoms with Crippen molar-refractivity contribution in [2.75, 3.05) is 43.9 Å². The molecule has 3 amide bonds. The van der Waals surface area contributed by atoms with Gasteiger partial charge in [0.15, 0.2) is 0 Å². The Kier molecular flexibility index (Phi) is 7.19. The number of nitrogens with zero attached hydrogens (tertiary/aromatic N) is 3. The van der Waals surface area contributed by atoms with Gasteiger partial charge in [-0.25, -0.2) is 8.42 Å².